The van der Waals surface area contributed by atoms with E-state index >= 15 is 0 Å². The van der Waals surface area contributed by atoms with Crippen LogP contribution in [0.2, 0.25) is 0 Å². The molecule has 0 aliphatic carbocycles. The summed E-state index contributed by atoms with van der Waals surface area (Å²) < 4.78 is 3.87. The van der Waals surface area contributed by atoms with E-state index in [1.807, 2.05) is 76.4 Å². The largest absolute Gasteiger partial charge is 0.338 e. The lowest BCUT2D eigenvalue weighted by atomic mass is 10.0. The van der Waals surface area contributed by atoms with Crippen molar-refractivity contribution in [2.45, 2.75) is 32.7 Å². The number of nitrogens with one attached hydrogen (secondary N) is 1. The van der Waals surface area contributed by atoms with Crippen LogP contribution in [-0.2, 0) is 0 Å². The zero-order valence-corrected chi connectivity index (χ0v) is 17.7. The van der Waals surface area contributed by atoms with Crippen LogP contribution in [0.3, 0.4) is 0 Å². The molecule has 1 fully saturated rings. The first-order valence-electron chi connectivity index (χ1n) is 10.6. The third-order valence-corrected chi connectivity index (χ3v) is 6.28. The number of H-pyrrole nitrogens is 1. The van der Waals surface area contributed by atoms with Gasteiger partial charge in [-0.3, -0.25) is 9.36 Å². The quantitative estimate of drug-likeness (QED) is 0.555. The standard InChI is InChI=1S/C24H25N5O2/c1-16-15-19(17(2)28(16)22-9-5-6-12-25-22)23(30)27-13-10-18(11-14-27)29-21-8-4-3-7-20(21)26-24(29)31/h3-9,12,15,18H,10-11,13-14H2,1-2H3,(H,26,31). The highest BCUT2D eigenvalue weighted by Gasteiger charge is 2.28. The Hall–Kier alpha value is -3.61. The molecule has 7 heteroatoms. The number of aromatic nitrogens is 4. The maximum atomic E-state index is 13.3. The molecule has 1 N–H and O–H groups in total. The van der Waals surface area contributed by atoms with Crippen LogP contribution >= 0.6 is 0 Å². The third-order valence-electron chi connectivity index (χ3n) is 6.28. The van der Waals surface area contributed by atoms with Crippen molar-refractivity contribution in [3.8, 4) is 5.82 Å². The molecule has 0 unspecified atom stereocenters. The lowest BCUT2D eigenvalue weighted by Crippen LogP contribution is -2.40. The molecule has 0 saturated carbocycles. The summed E-state index contributed by atoms with van der Waals surface area (Å²) in [7, 11) is 0. The van der Waals surface area contributed by atoms with Crippen LogP contribution < -0.4 is 5.69 Å². The van der Waals surface area contributed by atoms with Gasteiger partial charge in [0, 0.05) is 36.7 Å². The number of fused-ring (bicyclic) bond motifs is 1. The van der Waals surface area contributed by atoms with E-state index in [1.54, 1.807) is 6.20 Å². The highest BCUT2D eigenvalue weighted by molar-refractivity contribution is 5.96. The van der Waals surface area contributed by atoms with Gasteiger partial charge >= 0.3 is 5.69 Å². The number of aromatic amines is 1. The Labute approximate surface area is 180 Å². The first-order valence-corrected chi connectivity index (χ1v) is 10.6. The fraction of sp³-hybridized carbons (Fsp3) is 0.292. The highest BCUT2D eigenvalue weighted by Crippen LogP contribution is 2.27. The summed E-state index contributed by atoms with van der Waals surface area (Å²) in [5.41, 5.74) is 4.30. The van der Waals surface area contributed by atoms with Gasteiger partial charge < -0.3 is 14.5 Å². The topological polar surface area (TPSA) is 75.9 Å². The van der Waals surface area contributed by atoms with Gasteiger partial charge in [0.15, 0.2) is 0 Å². The van der Waals surface area contributed by atoms with E-state index < -0.39 is 0 Å². The predicted molar refractivity (Wildman–Crippen MR) is 120 cm³/mol. The number of likely N-dealkylation sites (tertiary alicyclic amines) is 1. The Kier molecular flexibility index (Phi) is 4.73. The third kappa shape index (κ3) is 3.26. The lowest BCUT2D eigenvalue weighted by Gasteiger charge is -2.32. The molecule has 3 aromatic heterocycles. The number of hydrogen-bond acceptors (Lipinski definition) is 3. The van der Waals surface area contributed by atoms with Crippen molar-refractivity contribution >= 4 is 16.9 Å². The van der Waals surface area contributed by atoms with Crippen molar-refractivity contribution in [3.63, 3.8) is 0 Å². The number of carbonyl (C=O) groups excluding carboxylic acids is 1. The minimum Gasteiger partial charge on any atom is -0.338 e. The molecule has 1 aliphatic heterocycles. The zero-order valence-electron chi connectivity index (χ0n) is 17.7. The number of pyridine rings is 1. The minimum absolute atomic E-state index is 0.0417. The van der Waals surface area contributed by atoms with Crippen LogP contribution in [0.5, 0.6) is 0 Å². The van der Waals surface area contributed by atoms with E-state index in [9.17, 15) is 9.59 Å². The van der Waals surface area contributed by atoms with Crippen LogP contribution in [0.1, 0.15) is 40.6 Å². The van der Waals surface area contributed by atoms with Crippen molar-refractivity contribution in [2.24, 2.45) is 0 Å². The number of piperidine rings is 1. The van der Waals surface area contributed by atoms with Crippen LogP contribution in [0.15, 0.2) is 59.5 Å². The van der Waals surface area contributed by atoms with Gasteiger partial charge in [-0.15, -0.1) is 0 Å². The van der Waals surface area contributed by atoms with Crippen LogP contribution in [0.25, 0.3) is 16.9 Å². The van der Waals surface area contributed by atoms with Crippen molar-refractivity contribution in [2.75, 3.05) is 13.1 Å². The molecule has 31 heavy (non-hydrogen) atoms. The number of benzene rings is 1. The van der Waals surface area contributed by atoms with Crippen LogP contribution in [0.4, 0.5) is 0 Å². The van der Waals surface area contributed by atoms with E-state index in [1.165, 1.54) is 0 Å². The molecule has 4 heterocycles. The normalized spacial score (nSPS) is 15.0. The SMILES string of the molecule is Cc1cc(C(=O)N2CCC(n3c(=O)[nH]c4ccccc43)CC2)c(C)n1-c1ccccn1. The summed E-state index contributed by atoms with van der Waals surface area (Å²) >= 11 is 0. The van der Waals surface area contributed by atoms with E-state index in [4.69, 9.17) is 0 Å². The number of amides is 1. The van der Waals surface area contributed by atoms with E-state index in [0.29, 0.717) is 18.7 Å². The molecule has 1 amide bonds. The monoisotopic (exact) mass is 415 g/mol. The van der Waals surface area contributed by atoms with E-state index in [-0.39, 0.29) is 17.6 Å². The molecule has 0 radical (unpaired) electrons. The predicted octanol–water partition coefficient (Wildman–Crippen LogP) is 3.61. The van der Waals surface area contributed by atoms with E-state index in [0.717, 1.165) is 41.1 Å². The van der Waals surface area contributed by atoms with Crippen molar-refractivity contribution < 1.29 is 4.79 Å². The Morgan fingerprint density at radius 2 is 1.81 bits per heavy atom. The first-order chi connectivity index (χ1) is 15.0. The molecule has 4 aromatic rings. The molecule has 5 rings (SSSR count). The number of aryl methyl sites for hydroxylation is 1. The number of para-hydroxylation sites is 2. The van der Waals surface area contributed by atoms with Gasteiger partial charge in [-0.1, -0.05) is 18.2 Å². The van der Waals surface area contributed by atoms with Crippen molar-refractivity contribution in [3.05, 3.63) is 82.2 Å². The summed E-state index contributed by atoms with van der Waals surface area (Å²) in [6.45, 7) is 5.21. The number of carbonyl (C=O) groups is 1. The van der Waals surface area contributed by atoms with Crippen LogP contribution in [-0.4, -0.2) is 43.0 Å². The Bertz CT molecular complexity index is 1310. The second-order valence-electron chi connectivity index (χ2n) is 8.15. The average Bonchev–Trinajstić information content (AvgIpc) is 3.28. The summed E-state index contributed by atoms with van der Waals surface area (Å²) in [5, 5.41) is 0. The second-order valence-corrected chi connectivity index (χ2v) is 8.15. The van der Waals surface area contributed by atoms with Crippen LogP contribution in [0, 0.1) is 13.8 Å². The second kappa shape index (κ2) is 7.58. The molecule has 7 nitrogen and oxygen atoms in total. The maximum Gasteiger partial charge on any atom is 0.326 e. The summed E-state index contributed by atoms with van der Waals surface area (Å²) in [6.07, 6.45) is 3.27. The molecular weight excluding hydrogens is 390 g/mol. The smallest absolute Gasteiger partial charge is 0.326 e. The minimum atomic E-state index is -0.0788. The Balaban J connectivity index is 1.36. The lowest BCUT2D eigenvalue weighted by molar-refractivity contribution is 0.0694. The summed E-state index contributed by atoms with van der Waals surface area (Å²) in [6, 6.07) is 15.6. The average molecular weight is 415 g/mol. The van der Waals surface area contributed by atoms with Gasteiger partial charge in [0.2, 0.25) is 0 Å². The summed E-state index contributed by atoms with van der Waals surface area (Å²) in [4.78, 5) is 35.1. The fourth-order valence-electron chi connectivity index (χ4n) is 4.75. The Morgan fingerprint density at radius 1 is 1.06 bits per heavy atom. The van der Waals surface area contributed by atoms with Gasteiger partial charge in [-0.05, 0) is 57.0 Å². The molecule has 0 spiro atoms. The molecule has 158 valence electrons. The molecular formula is C24H25N5O2. The number of nitrogens with zero attached hydrogens (tertiary/aromatic N) is 4. The highest BCUT2D eigenvalue weighted by atomic mass is 16.2. The molecule has 1 aromatic carbocycles. The van der Waals surface area contributed by atoms with E-state index in [2.05, 4.69) is 9.97 Å². The molecule has 0 bridgehead atoms. The fourth-order valence-corrected chi connectivity index (χ4v) is 4.75. The number of hydrogen-bond donors (Lipinski definition) is 1. The Morgan fingerprint density at radius 3 is 2.55 bits per heavy atom. The molecule has 1 aliphatic rings. The molecule has 1 saturated heterocycles. The van der Waals surface area contributed by atoms with Gasteiger partial charge in [0.05, 0.1) is 16.6 Å². The zero-order chi connectivity index (χ0) is 21.5. The van der Waals surface area contributed by atoms with Gasteiger partial charge in [-0.2, -0.15) is 0 Å². The number of imidazole rings is 1. The number of rotatable bonds is 3. The van der Waals surface area contributed by atoms with Gasteiger partial charge in [-0.25, -0.2) is 9.78 Å². The van der Waals surface area contributed by atoms with Gasteiger partial charge in [0.25, 0.3) is 5.91 Å². The van der Waals surface area contributed by atoms with Gasteiger partial charge in [0.1, 0.15) is 5.82 Å². The maximum absolute atomic E-state index is 13.3. The summed E-state index contributed by atoms with van der Waals surface area (Å²) in [5.74, 6) is 0.856. The molecule has 0 atom stereocenters. The van der Waals surface area contributed by atoms with Crippen molar-refractivity contribution in [1.29, 1.82) is 0 Å². The first kappa shape index (κ1) is 19.4. The van der Waals surface area contributed by atoms with Crippen molar-refractivity contribution in [1.82, 2.24) is 24.0 Å².